The van der Waals surface area contributed by atoms with Crippen LogP contribution in [0, 0.1) is 0 Å². The Kier molecular flexibility index (Phi) is 6.05. The Bertz CT molecular complexity index is 313. The number of allylic oxidation sites excluding steroid dienone is 1. The van der Waals surface area contributed by atoms with E-state index >= 15 is 0 Å². The van der Waals surface area contributed by atoms with Crippen molar-refractivity contribution in [3.05, 3.63) is 11.6 Å². The third kappa shape index (κ3) is 7.44. The van der Waals surface area contributed by atoms with Gasteiger partial charge in [0, 0.05) is 0 Å². The molecule has 0 aromatic heterocycles. The molecule has 1 rings (SSSR count). The van der Waals surface area contributed by atoms with Crippen molar-refractivity contribution in [3.8, 4) is 0 Å². The highest BCUT2D eigenvalue weighted by atomic mass is 28.4. The van der Waals surface area contributed by atoms with E-state index in [1.807, 2.05) is 0 Å². The van der Waals surface area contributed by atoms with E-state index in [-0.39, 0.29) is 6.10 Å². The molecule has 19 heavy (non-hydrogen) atoms. The first-order valence-corrected chi connectivity index (χ1v) is 14.4. The zero-order chi connectivity index (χ0) is 14.7. The highest BCUT2D eigenvalue weighted by Gasteiger charge is 2.31. The minimum Gasteiger partial charge on any atom is -0.412 e. The summed E-state index contributed by atoms with van der Waals surface area (Å²) in [6, 6.07) is 0. The molecule has 2 nitrogen and oxygen atoms in total. The highest BCUT2D eigenvalue weighted by molar-refractivity contribution is 6.70. The van der Waals surface area contributed by atoms with E-state index in [9.17, 15) is 0 Å². The van der Waals surface area contributed by atoms with E-state index in [0.717, 1.165) is 12.8 Å². The molecule has 0 saturated carbocycles. The SMILES string of the molecule is CC1=CCC(O[Si](C)(C)C)C(O[Si](C)(C)C)CCC1. The Balaban J connectivity index is 2.82. The van der Waals surface area contributed by atoms with Gasteiger partial charge in [-0.25, -0.2) is 0 Å². The van der Waals surface area contributed by atoms with E-state index in [1.54, 1.807) is 0 Å². The first-order valence-electron chi connectivity index (χ1n) is 7.58. The molecule has 0 bridgehead atoms. The molecule has 0 aromatic carbocycles. The van der Waals surface area contributed by atoms with Crippen LogP contribution in [0.3, 0.4) is 0 Å². The molecule has 0 saturated heterocycles. The fourth-order valence-electron chi connectivity index (χ4n) is 2.51. The largest absolute Gasteiger partial charge is 0.412 e. The van der Waals surface area contributed by atoms with Crippen LogP contribution in [0.5, 0.6) is 0 Å². The van der Waals surface area contributed by atoms with Gasteiger partial charge in [-0.2, -0.15) is 0 Å². The summed E-state index contributed by atoms with van der Waals surface area (Å²) in [4.78, 5) is 0. The molecule has 0 aliphatic heterocycles. The summed E-state index contributed by atoms with van der Waals surface area (Å²) in [6.45, 7) is 15.9. The second-order valence-electron chi connectivity index (χ2n) is 7.72. The standard InChI is InChI=1S/C15H32O2Si2/c1-13-9-8-10-14(16-18(2,3)4)15(12-11-13)17-19(5,6)7/h11,14-15H,8-10,12H2,1-7H3. The number of hydrogen-bond donors (Lipinski definition) is 0. The average Bonchev–Trinajstić information content (AvgIpc) is 2.17. The van der Waals surface area contributed by atoms with Crippen molar-refractivity contribution in [2.45, 2.75) is 84.1 Å². The summed E-state index contributed by atoms with van der Waals surface area (Å²) in [6.07, 6.45) is 7.52. The van der Waals surface area contributed by atoms with Crippen LogP contribution < -0.4 is 0 Å². The zero-order valence-corrected chi connectivity index (χ0v) is 15.9. The van der Waals surface area contributed by atoms with Crippen LogP contribution in [0.15, 0.2) is 11.6 Å². The molecule has 2 atom stereocenters. The van der Waals surface area contributed by atoms with Crippen LogP contribution in [0.4, 0.5) is 0 Å². The Labute approximate surface area is 121 Å². The van der Waals surface area contributed by atoms with Crippen LogP contribution in [0.25, 0.3) is 0 Å². The normalized spacial score (nSPS) is 26.6. The van der Waals surface area contributed by atoms with Crippen LogP contribution in [-0.4, -0.2) is 28.8 Å². The quantitative estimate of drug-likeness (QED) is 0.540. The Morgan fingerprint density at radius 2 is 1.47 bits per heavy atom. The van der Waals surface area contributed by atoms with Gasteiger partial charge in [0.15, 0.2) is 16.6 Å². The maximum Gasteiger partial charge on any atom is 0.184 e. The van der Waals surface area contributed by atoms with Crippen LogP contribution in [0.1, 0.15) is 32.6 Å². The highest BCUT2D eigenvalue weighted by Crippen LogP contribution is 2.26. The van der Waals surface area contributed by atoms with Gasteiger partial charge in [0.2, 0.25) is 0 Å². The van der Waals surface area contributed by atoms with Crippen molar-refractivity contribution in [1.82, 2.24) is 0 Å². The van der Waals surface area contributed by atoms with Crippen molar-refractivity contribution in [2.75, 3.05) is 0 Å². The maximum absolute atomic E-state index is 6.41. The van der Waals surface area contributed by atoms with E-state index in [4.69, 9.17) is 8.85 Å². The molecular weight excluding hydrogens is 268 g/mol. The second-order valence-corrected chi connectivity index (χ2v) is 16.6. The smallest absolute Gasteiger partial charge is 0.184 e. The molecular formula is C15H32O2Si2. The minimum atomic E-state index is -1.52. The van der Waals surface area contributed by atoms with Crippen LogP contribution in [0.2, 0.25) is 39.3 Å². The molecule has 0 spiro atoms. The van der Waals surface area contributed by atoms with Gasteiger partial charge < -0.3 is 8.85 Å². The first-order chi connectivity index (χ1) is 8.57. The molecule has 0 amide bonds. The van der Waals surface area contributed by atoms with Crippen LogP contribution in [-0.2, 0) is 8.85 Å². The molecule has 0 fully saturated rings. The summed E-state index contributed by atoms with van der Waals surface area (Å²) < 4.78 is 12.8. The van der Waals surface area contributed by atoms with E-state index in [1.165, 1.54) is 18.4 Å². The molecule has 0 radical (unpaired) electrons. The van der Waals surface area contributed by atoms with Gasteiger partial charge in [0.05, 0.1) is 12.2 Å². The van der Waals surface area contributed by atoms with E-state index in [2.05, 4.69) is 52.3 Å². The lowest BCUT2D eigenvalue weighted by molar-refractivity contribution is 0.0376. The van der Waals surface area contributed by atoms with Gasteiger partial charge in [-0.15, -0.1) is 0 Å². The monoisotopic (exact) mass is 300 g/mol. The van der Waals surface area contributed by atoms with Crippen molar-refractivity contribution >= 4 is 16.6 Å². The Morgan fingerprint density at radius 3 is 2.00 bits per heavy atom. The summed E-state index contributed by atoms with van der Waals surface area (Å²) in [5, 5.41) is 0. The van der Waals surface area contributed by atoms with E-state index in [0.29, 0.717) is 6.10 Å². The lowest BCUT2D eigenvalue weighted by Crippen LogP contribution is -2.44. The maximum atomic E-state index is 6.41. The predicted octanol–water partition coefficient (Wildman–Crippen LogP) is 4.95. The van der Waals surface area contributed by atoms with Gasteiger partial charge in [0.1, 0.15) is 0 Å². The molecule has 2 unspecified atom stereocenters. The summed E-state index contributed by atoms with van der Waals surface area (Å²) in [5.74, 6) is 0. The summed E-state index contributed by atoms with van der Waals surface area (Å²) in [7, 11) is -3.02. The fourth-order valence-corrected chi connectivity index (χ4v) is 4.84. The van der Waals surface area contributed by atoms with Gasteiger partial charge in [-0.3, -0.25) is 0 Å². The van der Waals surface area contributed by atoms with E-state index < -0.39 is 16.6 Å². The van der Waals surface area contributed by atoms with Crippen molar-refractivity contribution < 1.29 is 8.85 Å². The van der Waals surface area contributed by atoms with Gasteiger partial charge in [-0.05, 0) is 71.9 Å². The second kappa shape index (κ2) is 6.70. The molecule has 0 N–H and O–H groups in total. The number of rotatable bonds is 4. The van der Waals surface area contributed by atoms with Crippen molar-refractivity contribution in [1.29, 1.82) is 0 Å². The van der Waals surface area contributed by atoms with Crippen LogP contribution >= 0.6 is 0 Å². The van der Waals surface area contributed by atoms with Gasteiger partial charge in [0.25, 0.3) is 0 Å². The predicted molar refractivity (Wildman–Crippen MR) is 88.7 cm³/mol. The lowest BCUT2D eigenvalue weighted by Gasteiger charge is -2.37. The molecule has 1 aliphatic carbocycles. The fraction of sp³-hybridized carbons (Fsp3) is 0.867. The topological polar surface area (TPSA) is 18.5 Å². The third-order valence-corrected chi connectivity index (χ3v) is 5.20. The van der Waals surface area contributed by atoms with Crippen molar-refractivity contribution in [2.24, 2.45) is 0 Å². The number of hydrogen-bond acceptors (Lipinski definition) is 2. The average molecular weight is 301 g/mol. The first kappa shape index (κ1) is 17.1. The minimum absolute atomic E-state index is 0.258. The van der Waals surface area contributed by atoms with Gasteiger partial charge in [-0.1, -0.05) is 11.6 Å². The molecule has 0 heterocycles. The molecule has 1 aliphatic rings. The molecule has 0 aromatic rings. The van der Waals surface area contributed by atoms with Gasteiger partial charge >= 0.3 is 0 Å². The molecule has 112 valence electrons. The molecule has 4 heteroatoms. The van der Waals surface area contributed by atoms with Crippen molar-refractivity contribution in [3.63, 3.8) is 0 Å². The Hall–Kier alpha value is 0.0938. The summed E-state index contributed by atoms with van der Waals surface area (Å²) >= 11 is 0. The zero-order valence-electron chi connectivity index (χ0n) is 13.9. The lowest BCUT2D eigenvalue weighted by atomic mass is 9.97. The third-order valence-electron chi connectivity index (χ3n) is 3.18. The summed E-state index contributed by atoms with van der Waals surface area (Å²) in [5.41, 5.74) is 1.51. The Morgan fingerprint density at radius 1 is 0.947 bits per heavy atom.